The summed E-state index contributed by atoms with van der Waals surface area (Å²) in [5, 5.41) is 2.80. The zero-order valence-electron chi connectivity index (χ0n) is 18.7. The number of carbonyl (C=O) groups is 1. The van der Waals surface area contributed by atoms with E-state index in [0.717, 1.165) is 9.87 Å². The molecule has 0 saturated carbocycles. The summed E-state index contributed by atoms with van der Waals surface area (Å²) in [6, 6.07) is 22.1. The molecule has 1 N–H and O–H groups in total. The van der Waals surface area contributed by atoms with Gasteiger partial charge in [0.1, 0.15) is 18.0 Å². The van der Waals surface area contributed by atoms with E-state index >= 15 is 0 Å². The van der Waals surface area contributed by atoms with Crippen LogP contribution in [-0.2, 0) is 21.4 Å². The maximum atomic E-state index is 13.4. The summed E-state index contributed by atoms with van der Waals surface area (Å²) in [4.78, 5) is 12.8. The summed E-state index contributed by atoms with van der Waals surface area (Å²) in [5.41, 5.74) is 1.26. The molecule has 0 fully saturated rings. The predicted molar refractivity (Wildman–Crippen MR) is 128 cm³/mol. The lowest BCUT2D eigenvalue weighted by Gasteiger charge is -2.24. The van der Waals surface area contributed by atoms with E-state index in [2.05, 4.69) is 5.32 Å². The zero-order chi connectivity index (χ0) is 23.7. The van der Waals surface area contributed by atoms with Gasteiger partial charge in [0.15, 0.2) is 0 Å². The Kier molecular flexibility index (Phi) is 8.32. The van der Waals surface area contributed by atoms with E-state index in [1.165, 1.54) is 12.1 Å². The van der Waals surface area contributed by atoms with Crippen LogP contribution in [-0.4, -0.2) is 34.1 Å². The van der Waals surface area contributed by atoms with Crippen LogP contribution < -0.4 is 19.1 Å². The van der Waals surface area contributed by atoms with Gasteiger partial charge in [-0.3, -0.25) is 9.10 Å². The van der Waals surface area contributed by atoms with Crippen LogP contribution in [0.2, 0.25) is 0 Å². The molecule has 1 amide bonds. The molecule has 8 heteroatoms. The van der Waals surface area contributed by atoms with E-state index in [4.69, 9.17) is 9.47 Å². The van der Waals surface area contributed by atoms with Crippen molar-refractivity contribution in [3.05, 3.63) is 84.4 Å². The summed E-state index contributed by atoms with van der Waals surface area (Å²) < 4.78 is 38.8. The SMILES string of the molecule is CCOc1ccc(S(=O)(=O)N(CC(=O)NCc2cccc(OCC)c2)c2ccccc2)cc1. The second-order valence-electron chi connectivity index (χ2n) is 7.11. The molecule has 0 aliphatic rings. The number of anilines is 1. The fourth-order valence-electron chi connectivity index (χ4n) is 3.21. The van der Waals surface area contributed by atoms with E-state index in [1.54, 1.807) is 42.5 Å². The van der Waals surface area contributed by atoms with Crippen LogP contribution in [0.4, 0.5) is 5.69 Å². The quantitative estimate of drug-likeness (QED) is 0.460. The highest BCUT2D eigenvalue weighted by Gasteiger charge is 2.27. The zero-order valence-corrected chi connectivity index (χ0v) is 19.5. The van der Waals surface area contributed by atoms with Gasteiger partial charge in [-0.15, -0.1) is 0 Å². The highest BCUT2D eigenvalue weighted by Crippen LogP contribution is 2.25. The Morgan fingerprint density at radius 2 is 1.52 bits per heavy atom. The Morgan fingerprint density at radius 1 is 0.848 bits per heavy atom. The first-order chi connectivity index (χ1) is 15.9. The lowest BCUT2D eigenvalue weighted by molar-refractivity contribution is -0.119. The maximum absolute atomic E-state index is 13.4. The first-order valence-electron chi connectivity index (χ1n) is 10.7. The van der Waals surface area contributed by atoms with Gasteiger partial charge in [0.25, 0.3) is 10.0 Å². The largest absolute Gasteiger partial charge is 0.494 e. The van der Waals surface area contributed by atoms with Crippen LogP contribution >= 0.6 is 0 Å². The number of nitrogens with zero attached hydrogens (tertiary/aromatic N) is 1. The normalized spacial score (nSPS) is 11.0. The molecule has 174 valence electrons. The minimum atomic E-state index is -3.98. The van der Waals surface area contributed by atoms with E-state index in [1.807, 2.05) is 38.1 Å². The van der Waals surface area contributed by atoms with Gasteiger partial charge in [0, 0.05) is 6.54 Å². The molecule has 7 nitrogen and oxygen atoms in total. The molecule has 0 bridgehead atoms. The highest BCUT2D eigenvalue weighted by molar-refractivity contribution is 7.92. The molecule has 0 aromatic heterocycles. The Morgan fingerprint density at radius 3 is 2.18 bits per heavy atom. The molecule has 33 heavy (non-hydrogen) atoms. The fraction of sp³-hybridized carbons (Fsp3) is 0.240. The highest BCUT2D eigenvalue weighted by atomic mass is 32.2. The lowest BCUT2D eigenvalue weighted by Crippen LogP contribution is -2.40. The monoisotopic (exact) mass is 468 g/mol. The molecule has 0 heterocycles. The second-order valence-corrected chi connectivity index (χ2v) is 8.97. The Balaban J connectivity index is 1.78. The van der Waals surface area contributed by atoms with Gasteiger partial charge in [-0.2, -0.15) is 0 Å². The van der Waals surface area contributed by atoms with Crippen LogP contribution in [0, 0.1) is 0 Å². The first kappa shape index (κ1) is 24.1. The molecule has 0 aliphatic carbocycles. The molecule has 0 aliphatic heterocycles. The summed E-state index contributed by atoms with van der Waals surface area (Å²) in [7, 11) is -3.98. The number of para-hydroxylation sites is 1. The fourth-order valence-corrected chi connectivity index (χ4v) is 4.63. The van der Waals surface area contributed by atoms with Crippen molar-refractivity contribution in [1.82, 2.24) is 5.32 Å². The number of ether oxygens (including phenoxy) is 2. The lowest BCUT2D eigenvalue weighted by atomic mass is 10.2. The summed E-state index contributed by atoms with van der Waals surface area (Å²) >= 11 is 0. The van der Waals surface area contributed by atoms with Crippen molar-refractivity contribution in [2.45, 2.75) is 25.3 Å². The van der Waals surface area contributed by atoms with Gasteiger partial charge in [0.2, 0.25) is 5.91 Å². The standard InChI is InChI=1S/C25H28N2O5S/c1-3-31-22-13-15-24(16-14-22)33(29,30)27(21-10-6-5-7-11-21)19-25(28)26-18-20-9-8-12-23(17-20)32-4-2/h5-17H,3-4,18-19H2,1-2H3,(H,26,28). The molecule has 0 unspecified atom stereocenters. The van der Waals surface area contributed by atoms with Crippen molar-refractivity contribution < 1.29 is 22.7 Å². The van der Waals surface area contributed by atoms with Crippen molar-refractivity contribution in [2.24, 2.45) is 0 Å². The molecular weight excluding hydrogens is 440 g/mol. The number of benzene rings is 3. The van der Waals surface area contributed by atoms with Gasteiger partial charge < -0.3 is 14.8 Å². The third kappa shape index (κ3) is 6.49. The number of rotatable bonds is 11. The van der Waals surface area contributed by atoms with Crippen molar-refractivity contribution in [1.29, 1.82) is 0 Å². The van der Waals surface area contributed by atoms with Crippen LogP contribution in [0.1, 0.15) is 19.4 Å². The molecule has 3 rings (SSSR count). The van der Waals surface area contributed by atoms with E-state index < -0.39 is 15.9 Å². The number of amides is 1. The van der Waals surface area contributed by atoms with Crippen LogP contribution in [0.3, 0.4) is 0 Å². The van der Waals surface area contributed by atoms with Crippen molar-refractivity contribution in [2.75, 3.05) is 24.1 Å². The molecule has 0 radical (unpaired) electrons. The van der Waals surface area contributed by atoms with E-state index in [-0.39, 0.29) is 18.0 Å². The molecule has 0 saturated heterocycles. The molecule has 3 aromatic carbocycles. The van der Waals surface area contributed by atoms with Crippen molar-refractivity contribution >= 4 is 21.6 Å². The van der Waals surface area contributed by atoms with Crippen LogP contribution in [0.15, 0.2) is 83.8 Å². The van der Waals surface area contributed by atoms with E-state index in [9.17, 15) is 13.2 Å². The average Bonchev–Trinajstić information content (AvgIpc) is 2.83. The van der Waals surface area contributed by atoms with Crippen molar-refractivity contribution in [3.63, 3.8) is 0 Å². The number of hydrogen-bond acceptors (Lipinski definition) is 5. The smallest absolute Gasteiger partial charge is 0.264 e. The Labute approximate surface area is 195 Å². The summed E-state index contributed by atoms with van der Waals surface area (Å²) in [5.74, 6) is 0.873. The Bertz CT molecular complexity index is 1150. The van der Waals surface area contributed by atoms with Crippen LogP contribution in [0.5, 0.6) is 11.5 Å². The van der Waals surface area contributed by atoms with Gasteiger partial charge in [-0.05, 0) is 67.9 Å². The molecular formula is C25H28N2O5S. The second kappa shape index (κ2) is 11.4. The molecule has 0 spiro atoms. The van der Waals surface area contributed by atoms with Gasteiger partial charge in [0.05, 0.1) is 23.8 Å². The third-order valence-corrected chi connectivity index (χ3v) is 6.54. The van der Waals surface area contributed by atoms with Gasteiger partial charge >= 0.3 is 0 Å². The number of hydrogen-bond donors (Lipinski definition) is 1. The number of sulfonamides is 1. The maximum Gasteiger partial charge on any atom is 0.264 e. The number of nitrogens with one attached hydrogen (secondary N) is 1. The van der Waals surface area contributed by atoms with Gasteiger partial charge in [-0.1, -0.05) is 30.3 Å². The van der Waals surface area contributed by atoms with Crippen molar-refractivity contribution in [3.8, 4) is 11.5 Å². The third-order valence-electron chi connectivity index (χ3n) is 4.75. The van der Waals surface area contributed by atoms with Gasteiger partial charge in [-0.25, -0.2) is 8.42 Å². The summed E-state index contributed by atoms with van der Waals surface area (Å²) in [6.07, 6.45) is 0. The summed E-state index contributed by atoms with van der Waals surface area (Å²) in [6.45, 7) is 4.68. The molecule has 0 atom stereocenters. The number of carbonyl (C=O) groups excluding carboxylic acids is 1. The van der Waals surface area contributed by atoms with Crippen LogP contribution in [0.25, 0.3) is 0 Å². The molecule has 3 aromatic rings. The van der Waals surface area contributed by atoms with E-state index in [0.29, 0.717) is 30.4 Å². The minimum Gasteiger partial charge on any atom is -0.494 e. The topological polar surface area (TPSA) is 84.9 Å². The average molecular weight is 469 g/mol. The first-order valence-corrected chi connectivity index (χ1v) is 12.2. The Hall–Kier alpha value is -3.52. The predicted octanol–water partition coefficient (Wildman–Crippen LogP) is 4.00. The minimum absolute atomic E-state index is 0.0759.